The number of fused-ring (bicyclic) bond motifs is 3. The number of aromatic hydroxyl groups is 1. The van der Waals surface area contributed by atoms with Gasteiger partial charge in [0.05, 0.1) is 11.1 Å². The third-order valence-corrected chi connectivity index (χ3v) is 4.77. The Kier molecular flexibility index (Phi) is 3.88. The first-order valence-corrected chi connectivity index (χ1v) is 8.37. The number of rotatable bonds is 4. The first-order valence-electron chi connectivity index (χ1n) is 8.37. The minimum atomic E-state index is -1.33. The first kappa shape index (κ1) is 16.8. The molecule has 134 valence electrons. The third-order valence-electron chi connectivity index (χ3n) is 4.77. The van der Waals surface area contributed by atoms with Gasteiger partial charge in [0.2, 0.25) is 0 Å². The molecule has 1 aliphatic heterocycles. The molecule has 1 aliphatic rings. The molecule has 0 fully saturated rings. The molecule has 2 N–H and O–H groups in total. The molecule has 1 atom stereocenters. The second-order valence-corrected chi connectivity index (χ2v) is 6.41. The number of phenolic OH excluding ortho intramolecular Hbond substituents is 1. The normalized spacial score (nSPS) is 14.4. The van der Waals surface area contributed by atoms with Crippen LogP contribution in [-0.2, 0) is 11.2 Å². The van der Waals surface area contributed by atoms with E-state index in [-0.39, 0.29) is 23.3 Å². The molecule has 0 aliphatic carbocycles. The van der Waals surface area contributed by atoms with Gasteiger partial charge in [-0.3, -0.25) is 14.5 Å². The second-order valence-electron chi connectivity index (χ2n) is 6.41. The quantitative estimate of drug-likeness (QED) is 0.697. The van der Waals surface area contributed by atoms with Gasteiger partial charge < -0.3 is 10.2 Å². The van der Waals surface area contributed by atoms with Crippen molar-refractivity contribution in [2.75, 3.05) is 0 Å². The molecule has 1 heterocycles. The van der Waals surface area contributed by atoms with Crippen molar-refractivity contribution < 1.29 is 24.6 Å². The Bertz CT molecular complexity index is 1090. The van der Waals surface area contributed by atoms with E-state index in [1.54, 1.807) is 36.4 Å². The Labute approximate surface area is 154 Å². The number of carboxylic acid groups (broad SMARTS) is 1. The molecule has 0 radical (unpaired) electrons. The maximum Gasteiger partial charge on any atom is 0.327 e. The number of aliphatic carboxylic acids is 1. The summed E-state index contributed by atoms with van der Waals surface area (Å²) in [7, 11) is 0. The molecular weight excluding hydrogens is 346 g/mol. The number of carbonyl (C=O) groups is 3. The summed E-state index contributed by atoms with van der Waals surface area (Å²) in [5, 5.41) is 20.5. The molecule has 27 heavy (non-hydrogen) atoms. The van der Waals surface area contributed by atoms with Crippen LogP contribution in [0.3, 0.4) is 0 Å². The van der Waals surface area contributed by atoms with E-state index in [0.29, 0.717) is 10.9 Å². The fraction of sp³-hybridized carbons (Fsp3) is 0.0952. The van der Waals surface area contributed by atoms with Gasteiger partial charge in [0.15, 0.2) is 0 Å². The van der Waals surface area contributed by atoms with Crippen molar-refractivity contribution in [3.8, 4) is 5.75 Å². The molecule has 0 spiro atoms. The summed E-state index contributed by atoms with van der Waals surface area (Å²) in [6.45, 7) is 0. The predicted octanol–water partition coefficient (Wildman–Crippen LogP) is 2.84. The van der Waals surface area contributed by atoms with E-state index in [0.717, 1.165) is 10.3 Å². The Morgan fingerprint density at radius 3 is 2.33 bits per heavy atom. The summed E-state index contributed by atoms with van der Waals surface area (Å²) in [5.41, 5.74) is 1.06. The minimum Gasteiger partial charge on any atom is -0.508 e. The second kappa shape index (κ2) is 6.25. The molecule has 0 saturated heterocycles. The van der Waals surface area contributed by atoms with E-state index < -0.39 is 23.8 Å². The Morgan fingerprint density at radius 2 is 1.63 bits per heavy atom. The number of phenols is 1. The molecule has 0 saturated carbocycles. The zero-order valence-electron chi connectivity index (χ0n) is 14.1. The van der Waals surface area contributed by atoms with Crippen LogP contribution in [0.15, 0.2) is 60.7 Å². The molecule has 0 unspecified atom stereocenters. The number of benzene rings is 3. The molecule has 3 aromatic carbocycles. The summed E-state index contributed by atoms with van der Waals surface area (Å²) in [5.74, 6) is -2.41. The van der Waals surface area contributed by atoms with Gasteiger partial charge in [0, 0.05) is 6.42 Å². The minimum absolute atomic E-state index is 0.0426. The van der Waals surface area contributed by atoms with Crippen LogP contribution in [-0.4, -0.2) is 38.9 Å². The number of imide groups is 1. The Morgan fingerprint density at radius 1 is 0.926 bits per heavy atom. The van der Waals surface area contributed by atoms with E-state index in [1.165, 1.54) is 12.1 Å². The van der Waals surface area contributed by atoms with E-state index in [2.05, 4.69) is 0 Å². The lowest BCUT2D eigenvalue weighted by Gasteiger charge is -2.22. The fourth-order valence-electron chi connectivity index (χ4n) is 3.45. The van der Waals surface area contributed by atoms with Crippen molar-refractivity contribution in [2.24, 2.45) is 0 Å². The molecule has 6 nitrogen and oxygen atoms in total. The topological polar surface area (TPSA) is 94.9 Å². The lowest BCUT2D eigenvalue weighted by Crippen LogP contribution is -2.46. The Balaban J connectivity index is 1.76. The fourth-order valence-corrected chi connectivity index (χ4v) is 3.45. The van der Waals surface area contributed by atoms with Crippen LogP contribution in [0.1, 0.15) is 26.3 Å². The van der Waals surface area contributed by atoms with Gasteiger partial charge in [0.1, 0.15) is 11.8 Å². The van der Waals surface area contributed by atoms with Gasteiger partial charge in [-0.15, -0.1) is 0 Å². The molecular formula is C21H15NO5. The van der Waals surface area contributed by atoms with Crippen molar-refractivity contribution in [1.82, 2.24) is 4.90 Å². The van der Waals surface area contributed by atoms with Crippen molar-refractivity contribution >= 4 is 28.6 Å². The number of amides is 2. The van der Waals surface area contributed by atoms with Crippen LogP contribution in [0.4, 0.5) is 0 Å². The zero-order chi connectivity index (χ0) is 19.1. The maximum atomic E-state index is 13.0. The van der Waals surface area contributed by atoms with E-state index in [4.69, 9.17) is 0 Å². The standard InChI is InChI=1S/C21H15NO5/c23-14-8-5-12(6-9-14)11-17(21(26)27)22-19(24)16-10-7-13-3-1-2-4-15(13)18(16)20(22)25/h1-10,17,23H,11H2,(H,26,27)/t17-/m0/s1. The summed E-state index contributed by atoms with van der Waals surface area (Å²) in [6, 6.07) is 15.2. The molecule has 3 aromatic rings. The molecule has 6 heteroatoms. The summed E-state index contributed by atoms with van der Waals surface area (Å²) in [4.78, 5) is 38.5. The first-order chi connectivity index (χ1) is 13.0. The largest absolute Gasteiger partial charge is 0.508 e. The number of nitrogens with zero attached hydrogens (tertiary/aromatic N) is 1. The van der Waals surface area contributed by atoms with Crippen LogP contribution in [0, 0.1) is 0 Å². The number of carboxylic acids is 1. The number of hydrogen-bond donors (Lipinski definition) is 2. The van der Waals surface area contributed by atoms with Gasteiger partial charge in [-0.2, -0.15) is 0 Å². The smallest absolute Gasteiger partial charge is 0.327 e. The predicted molar refractivity (Wildman–Crippen MR) is 97.7 cm³/mol. The molecule has 0 aromatic heterocycles. The number of carbonyl (C=O) groups excluding carboxylic acids is 2. The highest BCUT2D eigenvalue weighted by Crippen LogP contribution is 2.32. The highest BCUT2D eigenvalue weighted by atomic mass is 16.4. The lowest BCUT2D eigenvalue weighted by atomic mass is 10.0. The van der Waals surface area contributed by atoms with E-state index in [1.807, 2.05) is 12.1 Å². The Hall–Kier alpha value is -3.67. The van der Waals surface area contributed by atoms with Crippen molar-refractivity contribution in [3.05, 3.63) is 77.4 Å². The molecule has 0 bridgehead atoms. The third kappa shape index (κ3) is 2.71. The van der Waals surface area contributed by atoms with Gasteiger partial charge in [-0.25, -0.2) is 4.79 Å². The van der Waals surface area contributed by atoms with Crippen LogP contribution < -0.4 is 0 Å². The molecule has 4 rings (SSSR count). The SMILES string of the molecule is O=C(O)[C@H](Cc1ccc(O)cc1)N1C(=O)c2ccc3ccccc3c2C1=O. The van der Waals surface area contributed by atoms with Crippen LogP contribution in [0.2, 0.25) is 0 Å². The van der Waals surface area contributed by atoms with Gasteiger partial charge in [-0.05, 0) is 34.5 Å². The maximum absolute atomic E-state index is 13.0. The van der Waals surface area contributed by atoms with Crippen LogP contribution in [0.5, 0.6) is 5.75 Å². The van der Waals surface area contributed by atoms with Crippen molar-refractivity contribution in [1.29, 1.82) is 0 Å². The highest BCUT2D eigenvalue weighted by molar-refractivity contribution is 6.27. The number of hydrogen-bond acceptors (Lipinski definition) is 4. The molecule has 2 amide bonds. The van der Waals surface area contributed by atoms with Crippen LogP contribution >= 0.6 is 0 Å². The monoisotopic (exact) mass is 361 g/mol. The van der Waals surface area contributed by atoms with Crippen molar-refractivity contribution in [3.63, 3.8) is 0 Å². The average Bonchev–Trinajstić information content (AvgIpc) is 2.92. The highest BCUT2D eigenvalue weighted by Gasteiger charge is 2.43. The van der Waals surface area contributed by atoms with Crippen LogP contribution in [0.25, 0.3) is 10.8 Å². The lowest BCUT2D eigenvalue weighted by molar-refractivity contribution is -0.141. The van der Waals surface area contributed by atoms with E-state index >= 15 is 0 Å². The average molecular weight is 361 g/mol. The van der Waals surface area contributed by atoms with Gasteiger partial charge >= 0.3 is 5.97 Å². The summed E-state index contributed by atoms with van der Waals surface area (Å²) < 4.78 is 0. The van der Waals surface area contributed by atoms with Gasteiger partial charge in [0.25, 0.3) is 11.8 Å². The van der Waals surface area contributed by atoms with E-state index in [9.17, 15) is 24.6 Å². The zero-order valence-corrected chi connectivity index (χ0v) is 14.1. The van der Waals surface area contributed by atoms with Gasteiger partial charge in [-0.1, -0.05) is 42.5 Å². The summed E-state index contributed by atoms with van der Waals surface area (Å²) >= 11 is 0. The van der Waals surface area contributed by atoms with Crippen molar-refractivity contribution in [2.45, 2.75) is 12.5 Å². The summed E-state index contributed by atoms with van der Waals surface area (Å²) in [6.07, 6.45) is -0.0426.